The van der Waals surface area contributed by atoms with Gasteiger partial charge in [0.25, 0.3) is 0 Å². The number of hydrogen-bond donors (Lipinski definition) is 2. The van der Waals surface area contributed by atoms with Gasteiger partial charge in [-0.25, -0.2) is 4.72 Å². The fourth-order valence-electron chi connectivity index (χ4n) is 2.18. The maximum atomic E-state index is 12.0. The van der Waals surface area contributed by atoms with Crippen LogP contribution in [0.4, 0.5) is 11.4 Å². The second-order valence-corrected chi connectivity index (χ2v) is 9.36. The Balaban J connectivity index is 1.85. The van der Waals surface area contributed by atoms with Crippen molar-refractivity contribution in [3.63, 3.8) is 0 Å². The summed E-state index contributed by atoms with van der Waals surface area (Å²) in [5.74, 6) is 0. The molecule has 2 rings (SSSR count). The summed E-state index contributed by atoms with van der Waals surface area (Å²) in [6.45, 7) is 6.25. The Kier molecular flexibility index (Phi) is 7.41. The predicted octanol–water partition coefficient (Wildman–Crippen LogP) is 5.09. The minimum absolute atomic E-state index is 0.638. The van der Waals surface area contributed by atoms with Crippen molar-refractivity contribution >= 4 is 34.3 Å². The number of halogens is 1. The van der Waals surface area contributed by atoms with Gasteiger partial charge in [-0.05, 0) is 42.7 Å². The van der Waals surface area contributed by atoms with Crippen molar-refractivity contribution in [3.05, 3.63) is 53.9 Å². The molecule has 0 fully saturated rings. The molecule has 136 valence electrons. The first-order valence-electron chi connectivity index (χ1n) is 8.53. The summed E-state index contributed by atoms with van der Waals surface area (Å²) in [6.07, 6.45) is 5.24. The molecule has 0 amide bonds. The van der Waals surface area contributed by atoms with Gasteiger partial charge >= 0.3 is 0 Å². The average Bonchev–Trinajstić information content (AvgIpc) is 2.59. The molecule has 0 aliphatic heterocycles. The maximum absolute atomic E-state index is 12.0. The zero-order valence-electron chi connectivity index (χ0n) is 15.0. The first-order valence-corrected chi connectivity index (χ1v) is 10.1. The molecule has 1 heterocycles. The van der Waals surface area contributed by atoms with E-state index in [1.807, 2.05) is 12.1 Å². The molecule has 0 saturated heterocycles. The SMILES string of the molecule is CCCCc1ccc(NCc2ccc(N[S+]([O-])C(C)(C)Cl)cn2)cc1. The van der Waals surface area contributed by atoms with Crippen molar-refractivity contribution in [3.8, 4) is 0 Å². The van der Waals surface area contributed by atoms with Gasteiger partial charge in [-0.1, -0.05) is 37.1 Å². The molecule has 0 radical (unpaired) electrons. The second-order valence-electron chi connectivity index (χ2n) is 6.43. The highest BCUT2D eigenvalue weighted by Crippen LogP contribution is 2.23. The van der Waals surface area contributed by atoms with E-state index in [4.69, 9.17) is 11.6 Å². The molecule has 1 atom stereocenters. The summed E-state index contributed by atoms with van der Waals surface area (Å²) >= 11 is 4.65. The molecule has 6 heteroatoms. The van der Waals surface area contributed by atoms with Crippen LogP contribution in [0, 0.1) is 0 Å². The first kappa shape index (κ1) is 19.9. The number of aromatic nitrogens is 1. The Hall–Kier alpha value is -1.43. The lowest BCUT2D eigenvalue weighted by molar-refractivity contribution is 0.585. The number of nitrogens with zero attached hydrogens (tertiary/aromatic N) is 1. The quantitative estimate of drug-likeness (QED) is 0.470. The number of unbranched alkanes of at least 4 members (excludes halogenated alkanes) is 1. The van der Waals surface area contributed by atoms with Crippen molar-refractivity contribution in [1.29, 1.82) is 0 Å². The van der Waals surface area contributed by atoms with Crippen LogP contribution >= 0.6 is 11.6 Å². The van der Waals surface area contributed by atoms with Crippen LogP contribution in [0.5, 0.6) is 0 Å². The number of pyridine rings is 1. The number of hydrogen-bond acceptors (Lipinski definition) is 4. The van der Waals surface area contributed by atoms with Crippen molar-refractivity contribution in [2.45, 2.75) is 50.8 Å². The minimum atomic E-state index is -1.37. The standard InChI is InChI=1S/C19H26ClN3OS/c1-4-5-6-15-7-9-16(10-8-15)21-13-17-11-12-18(14-22-17)23-25(24)19(2,3)20/h7-12,14,21,23H,4-6,13H2,1-3H3. The highest BCUT2D eigenvalue weighted by Gasteiger charge is 2.29. The Labute approximate surface area is 158 Å². The molecule has 2 aromatic rings. The van der Waals surface area contributed by atoms with Crippen LogP contribution in [-0.2, 0) is 24.3 Å². The van der Waals surface area contributed by atoms with Crippen LogP contribution in [0.2, 0.25) is 0 Å². The van der Waals surface area contributed by atoms with Crippen LogP contribution in [-0.4, -0.2) is 13.7 Å². The lowest BCUT2D eigenvalue weighted by Gasteiger charge is -2.21. The summed E-state index contributed by atoms with van der Waals surface area (Å²) in [5.41, 5.74) is 4.05. The lowest BCUT2D eigenvalue weighted by atomic mass is 10.1. The van der Waals surface area contributed by atoms with Crippen LogP contribution in [0.3, 0.4) is 0 Å². The molecule has 0 spiro atoms. The van der Waals surface area contributed by atoms with Crippen molar-refractivity contribution in [2.24, 2.45) is 0 Å². The van der Waals surface area contributed by atoms with Gasteiger partial charge in [0.05, 0.1) is 29.8 Å². The van der Waals surface area contributed by atoms with E-state index in [0.717, 1.165) is 17.8 Å². The van der Waals surface area contributed by atoms with E-state index < -0.39 is 15.6 Å². The normalized spacial score (nSPS) is 12.7. The average molecular weight is 380 g/mol. The largest absolute Gasteiger partial charge is 0.592 e. The summed E-state index contributed by atoms with van der Waals surface area (Å²) in [4.78, 5) is 4.38. The van der Waals surface area contributed by atoms with Gasteiger partial charge < -0.3 is 9.87 Å². The van der Waals surface area contributed by atoms with E-state index in [2.05, 4.69) is 46.2 Å². The third kappa shape index (κ3) is 6.77. The van der Waals surface area contributed by atoms with Gasteiger partial charge in [-0.2, -0.15) is 0 Å². The monoisotopic (exact) mass is 379 g/mol. The number of aryl methyl sites for hydroxylation is 1. The summed E-state index contributed by atoms with van der Waals surface area (Å²) in [6, 6.07) is 12.3. The van der Waals surface area contributed by atoms with Gasteiger partial charge in [0.2, 0.25) is 4.21 Å². The van der Waals surface area contributed by atoms with E-state index in [-0.39, 0.29) is 0 Å². The molecule has 2 N–H and O–H groups in total. The van der Waals surface area contributed by atoms with Crippen LogP contribution in [0.25, 0.3) is 0 Å². The Bertz CT molecular complexity index is 641. The fourth-order valence-corrected chi connectivity index (χ4v) is 2.87. The number of anilines is 2. The summed E-state index contributed by atoms with van der Waals surface area (Å²) in [5, 5.41) is 3.36. The van der Waals surface area contributed by atoms with Gasteiger partial charge in [0.1, 0.15) is 5.69 Å². The van der Waals surface area contributed by atoms with Crippen molar-refractivity contribution in [2.75, 3.05) is 10.0 Å². The topological polar surface area (TPSA) is 60.0 Å². The number of alkyl halides is 1. The van der Waals surface area contributed by atoms with Gasteiger partial charge in [-0.15, -0.1) is 0 Å². The zero-order chi connectivity index (χ0) is 18.3. The molecule has 0 aliphatic rings. The molecule has 0 aliphatic carbocycles. The minimum Gasteiger partial charge on any atom is -0.592 e. The molecule has 1 unspecified atom stereocenters. The second kappa shape index (κ2) is 9.32. The number of rotatable bonds is 9. The first-order chi connectivity index (χ1) is 11.9. The lowest BCUT2D eigenvalue weighted by Crippen LogP contribution is -2.31. The van der Waals surface area contributed by atoms with E-state index >= 15 is 0 Å². The zero-order valence-corrected chi connectivity index (χ0v) is 16.6. The van der Waals surface area contributed by atoms with Gasteiger partial charge in [-0.3, -0.25) is 4.98 Å². The van der Waals surface area contributed by atoms with Crippen molar-refractivity contribution < 1.29 is 4.55 Å². The Morgan fingerprint density at radius 3 is 2.36 bits per heavy atom. The predicted molar refractivity (Wildman–Crippen MR) is 108 cm³/mol. The van der Waals surface area contributed by atoms with E-state index in [1.54, 1.807) is 20.0 Å². The molecule has 1 aromatic heterocycles. The molecule has 25 heavy (non-hydrogen) atoms. The molecule has 0 bridgehead atoms. The van der Waals surface area contributed by atoms with Crippen LogP contribution in [0.1, 0.15) is 44.9 Å². The Morgan fingerprint density at radius 2 is 1.80 bits per heavy atom. The Morgan fingerprint density at radius 1 is 1.12 bits per heavy atom. The van der Waals surface area contributed by atoms with E-state index in [0.29, 0.717) is 12.2 Å². The fraction of sp³-hybridized carbons (Fsp3) is 0.421. The van der Waals surface area contributed by atoms with Gasteiger partial charge in [0, 0.05) is 19.5 Å². The molecular weight excluding hydrogens is 354 g/mol. The number of benzene rings is 1. The highest BCUT2D eigenvalue weighted by atomic mass is 35.5. The van der Waals surface area contributed by atoms with Gasteiger partial charge in [0.15, 0.2) is 0 Å². The summed E-state index contributed by atoms with van der Waals surface area (Å²) in [7, 11) is 0. The van der Waals surface area contributed by atoms with Crippen LogP contribution in [0.15, 0.2) is 42.6 Å². The third-order valence-corrected chi connectivity index (χ3v) is 5.45. The van der Waals surface area contributed by atoms with Crippen molar-refractivity contribution in [1.82, 2.24) is 4.98 Å². The maximum Gasteiger partial charge on any atom is 0.217 e. The molecule has 0 saturated carbocycles. The van der Waals surface area contributed by atoms with E-state index in [1.165, 1.54) is 18.4 Å². The summed E-state index contributed by atoms with van der Waals surface area (Å²) < 4.78 is 14.0. The van der Waals surface area contributed by atoms with Crippen LogP contribution < -0.4 is 10.0 Å². The van der Waals surface area contributed by atoms with E-state index in [9.17, 15) is 4.55 Å². The molecular formula is C19H26ClN3OS. The molecule has 4 nitrogen and oxygen atoms in total. The smallest absolute Gasteiger partial charge is 0.217 e. The molecule has 1 aromatic carbocycles. The number of nitrogens with one attached hydrogen (secondary N) is 2. The third-order valence-electron chi connectivity index (χ3n) is 3.72. The highest BCUT2D eigenvalue weighted by molar-refractivity contribution is 7.95.